The van der Waals surface area contributed by atoms with Crippen LogP contribution in [0.15, 0.2) is 36.7 Å². The van der Waals surface area contributed by atoms with Crippen LogP contribution in [0.2, 0.25) is 0 Å². The highest BCUT2D eigenvalue weighted by Crippen LogP contribution is 2.26. The van der Waals surface area contributed by atoms with Gasteiger partial charge in [0.25, 0.3) is 5.91 Å². The number of aromatic nitrogens is 2. The monoisotopic (exact) mass is 484 g/mol. The Hall–Kier alpha value is -3.11. The summed E-state index contributed by atoms with van der Waals surface area (Å²) in [6.07, 6.45) is 2.84. The Morgan fingerprint density at radius 3 is 2.71 bits per heavy atom. The molecule has 3 aromatic rings. The second-order valence-electron chi connectivity index (χ2n) is 8.96. The zero-order chi connectivity index (χ0) is 24.1. The molecule has 1 unspecified atom stereocenters. The first kappa shape index (κ1) is 24.0. The van der Waals surface area contributed by atoms with Gasteiger partial charge in [0.15, 0.2) is 5.13 Å². The molecule has 2 amide bonds. The molecular formula is C24H32N6O3S. The van der Waals surface area contributed by atoms with Gasteiger partial charge in [0.2, 0.25) is 0 Å². The highest BCUT2D eigenvalue weighted by atomic mass is 32.1. The van der Waals surface area contributed by atoms with E-state index in [1.165, 1.54) is 11.3 Å². The van der Waals surface area contributed by atoms with E-state index in [1.807, 2.05) is 24.3 Å². The van der Waals surface area contributed by atoms with Crippen LogP contribution in [0.4, 0.5) is 9.93 Å². The number of piperazine rings is 1. The van der Waals surface area contributed by atoms with Crippen molar-refractivity contribution >= 4 is 39.4 Å². The number of rotatable bonds is 8. The first-order valence-electron chi connectivity index (χ1n) is 11.6. The molecule has 9 nitrogen and oxygen atoms in total. The predicted octanol–water partition coefficient (Wildman–Crippen LogP) is 3.58. The molecule has 1 atom stereocenters. The SMILES string of the molecule is CC(C)CCOC(=O)NC(NC(=O)c1cnc(N2CCN(C)CC2)s1)c1c[nH]c2ccccc12. The average Bonchev–Trinajstić information content (AvgIpc) is 3.47. The van der Waals surface area contributed by atoms with Crippen molar-refractivity contribution in [1.29, 1.82) is 0 Å². The lowest BCUT2D eigenvalue weighted by molar-refractivity contribution is 0.0926. The molecule has 1 fully saturated rings. The number of fused-ring (bicyclic) bond motifs is 1. The van der Waals surface area contributed by atoms with E-state index in [1.54, 1.807) is 12.4 Å². The van der Waals surface area contributed by atoms with Crippen LogP contribution in [0.5, 0.6) is 0 Å². The number of alkyl carbamates (subject to hydrolysis) is 1. The van der Waals surface area contributed by atoms with E-state index >= 15 is 0 Å². The number of ether oxygens (including phenoxy) is 1. The van der Waals surface area contributed by atoms with E-state index in [4.69, 9.17) is 4.74 Å². The number of carbonyl (C=O) groups excluding carboxylic acids is 2. The van der Waals surface area contributed by atoms with Crippen LogP contribution in [0.1, 0.15) is 41.7 Å². The van der Waals surface area contributed by atoms with Crippen molar-refractivity contribution in [3.63, 3.8) is 0 Å². The van der Waals surface area contributed by atoms with Crippen LogP contribution in [-0.4, -0.2) is 66.7 Å². The molecule has 1 aromatic carbocycles. The summed E-state index contributed by atoms with van der Waals surface area (Å²) in [5.74, 6) is 0.133. The predicted molar refractivity (Wildman–Crippen MR) is 134 cm³/mol. The van der Waals surface area contributed by atoms with Crippen molar-refractivity contribution in [2.45, 2.75) is 26.4 Å². The lowest BCUT2D eigenvalue weighted by Crippen LogP contribution is -2.44. The number of thiazole rings is 1. The van der Waals surface area contributed by atoms with Crippen molar-refractivity contribution in [3.05, 3.63) is 47.1 Å². The molecule has 0 radical (unpaired) electrons. The van der Waals surface area contributed by atoms with Gasteiger partial charge in [-0.3, -0.25) is 10.1 Å². The van der Waals surface area contributed by atoms with Gasteiger partial charge in [0.1, 0.15) is 11.0 Å². The van der Waals surface area contributed by atoms with E-state index < -0.39 is 12.3 Å². The molecule has 1 saturated heterocycles. The van der Waals surface area contributed by atoms with Gasteiger partial charge < -0.3 is 24.8 Å². The van der Waals surface area contributed by atoms with Crippen LogP contribution in [0, 0.1) is 5.92 Å². The van der Waals surface area contributed by atoms with Gasteiger partial charge in [-0.1, -0.05) is 43.4 Å². The number of anilines is 1. The molecule has 1 aliphatic heterocycles. The third-order valence-corrected chi connectivity index (χ3v) is 6.95. The molecule has 10 heteroatoms. The summed E-state index contributed by atoms with van der Waals surface area (Å²) < 4.78 is 5.34. The minimum atomic E-state index is -0.760. The third-order valence-electron chi connectivity index (χ3n) is 5.89. The van der Waals surface area contributed by atoms with E-state index in [0.29, 0.717) is 17.4 Å². The fraction of sp³-hybridized carbons (Fsp3) is 0.458. The molecule has 4 rings (SSSR count). The first-order valence-corrected chi connectivity index (χ1v) is 12.4. The molecule has 3 heterocycles. The third kappa shape index (κ3) is 5.87. The normalized spacial score (nSPS) is 15.5. The number of aromatic amines is 1. The first-order chi connectivity index (χ1) is 16.4. The number of hydrogen-bond acceptors (Lipinski definition) is 7. The Bertz CT molecular complexity index is 1120. The van der Waals surface area contributed by atoms with Gasteiger partial charge >= 0.3 is 6.09 Å². The van der Waals surface area contributed by atoms with Crippen molar-refractivity contribution in [1.82, 2.24) is 25.5 Å². The number of H-pyrrole nitrogens is 1. The highest BCUT2D eigenvalue weighted by molar-refractivity contribution is 7.17. The van der Waals surface area contributed by atoms with Crippen molar-refractivity contribution in [2.75, 3.05) is 44.7 Å². The Morgan fingerprint density at radius 1 is 1.18 bits per heavy atom. The van der Waals surface area contributed by atoms with Crippen molar-refractivity contribution < 1.29 is 14.3 Å². The molecule has 3 N–H and O–H groups in total. The topological polar surface area (TPSA) is 103 Å². The van der Waals surface area contributed by atoms with Gasteiger partial charge in [0.05, 0.1) is 12.8 Å². The Morgan fingerprint density at radius 2 is 1.94 bits per heavy atom. The lowest BCUT2D eigenvalue weighted by Gasteiger charge is -2.32. The van der Waals surface area contributed by atoms with E-state index in [0.717, 1.165) is 54.2 Å². The Kier molecular flexibility index (Phi) is 7.69. The van der Waals surface area contributed by atoms with Crippen molar-refractivity contribution in [3.8, 4) is 0 Å². The number of likely N-dealkylation sites (N-methyl/N-ethyl adjacent to an activating group) is 1. The molecule has 34 heavy (non-hydrogen) atoms. The van der Waals surface area contributed by atoms with Gasteiger partial charge in [-0.2, -0.15) is 0 Å². The summed E-state index contributed by atoms with van der Waals surface area (Å²) in [6, 6.07) is 7.75. The maximum Gasteiger partial charge on any atom is 0.409 e. The maximum atomic E-state index is 13.1. The van der Waals surface area contributed by atoms with E-state index in [-0.39, 0.29) is 5.91 Å². The van der Waals surface area contributed by atoms with E-state index in [9.17, 15) is 9.59 Å². The summed E-state index contributed by atoms with van der Waals surface area (Å²) in [7, 11) is 2.10. The molecule has 0 bridgehead atoms. The van der Waals surface area contributed by atoms with Crippen molar-refractivity contribution in [2.24, 2.45) is 5.92 Å². The number of hydrogen-bond donors (Lipinski definition) is 3. The van der Waals surface area contributed by atoms with Crippen LogP contribution in [0.3, 0.4) is 0 Å². The molecule has 0 saturated carbocycles. The Labute approximate surface area is 203 Å². The van der Waals surface area contributed by atoms with Crippen LogP contribution < -0.4 is 15.5 Å². The highest BCUT2D eigenvalue weighted by Gasteiger charge is 2.24. The minimum Gasteiger partial charge on any atom is -0.450 e. The number of nitrogens with one attached hydrogen (secondary N) is 3. The quantitative estimate of drug-likeness (QED) is 0.423. The van der Waals surface area contributed by atoms with Crippen LogP contribution >= 0.6 is 11.3 Å². The second kappa shape index (κ2) is 10.9. The molecule has 0 aliphatic carbocycles. The average molecular weight is 485 g/mol. The smallest absolute Gasteiger partial charge is 0.409 e. The summed E-state index contributed by atoms with van der Waals surface area (Å²) in [5, 5.41) is 7.52. The molecule has 0 spiro atoms. The zero-order valence-electron chi connectivity index (χ0n) is 19.8. The molecule has 2 aromatic heterocycles. The summed E-state index contributed by atoms with van der Waals surface area (Å²) in [6.45, 7) is 8.16. The van der Waals surface area contributed by atoms with Crippen LogP contribution in [-0.2, 0) is 4.74 Å². The molecule has 1 aliphatic rings. The summed E-state index contributed by atoms with van der Waals surface area (Å²) >= 11 is 1.36. The number of para-hydroxylation sites is 1. The zero-order valence-corrected chi connectivity index (χ0v) is 20.7. The molecular weight excluding hydrogens is 452 g/mol. The number of nitrogens with zero attached hydrogens (tertiary/aromatic N) is 3. The Balaban J connectivity index is 1.49. The number of carbonyl (C=O) groups is 2. The molecule has 182 valence electrons. The number of benzene rings is 1. The van der Waals surface area contributed by atoms with Gasteiger partial charge in [-0.15, -0.1) is 0 Å². The second-order valence-corrected chi connectivity index (χ2v) is 9.97. The minimum absolute atomic E-state index is 0.296. The number of amides is 2. The van der Waals surface area contributed by atoms with E-state index in [2.05, 4.69) is 51.3 Å². The fourth-order valence-electron chi connectivity index (χ4n) is 3.79. The summed E-state index contributed by atoms with van der Waals surface area (Å²) in [4.78, 5) is 38.3. The largest absolute Gasteiger partial charge is 0.450 e. The van der Waals surface area contributed by atoms with Gasteiger partial charge in [-0.05, 0) is 25.5 Å². The van der Waals surface area contributed by atoms with Crippen LogP contribution in [0.25, 0.3) is 10.9 Å². The fourth-order valence-corrected chi connectivity index (χ4v) is 4.66. The van der Waals surface area contributed by atoms with Gasteiger partial charge in [0, 0.05) is 48.8 Å². The maximum absolute atomic E-state index is 13.1. The lowest BCUT2D eigenvalue weighted by atomic mass is 10.1. The standard InChI is InChI=1S/C24H32N6O3S/c1-16(2)8-13-33-24(32)28-21(18-14-25-19-7-5-4-6-17(18)19)27-22(31)20-15-26-23(34-20)30-11-9-29(3)10-12-30/h4-7,14-16,21,25H,8-13H2,1-3H3,(H,27,31)(H,28,32). The summed E-state index contributed by atoms with van der Waals surface area (Å²) in [5.41, 5.74) is 1.68. The van der Waals surface area contributed by atoms with Gasteiger partial charge in [-0.25, -0.2) is 9.78 Å².